The van der Waals surface area contributed by atoms with Gasteiger partial charge in [-0.1, -0.05) is 11.6 Å². The fraction of sp³-hybridized carbons (Fsp3) is 0.421. The molecule has 0 N–H and O–H groups in total. The van der Waals surface area contributed by atoms with E-state index in [0.717, 1.165) is 23.1 Å². The van der Waals surface area contributed by atoms with Crippen LogP contribution in [0.4, 0.5) is 0 Å². The van der Waals surface area contributed by atoms with Crippen LogP contribution in [0, 0.1) is 0 Å². The Morgan fingerprint density at radius 3 is 2.54 bits per heavy atom. The Morgan fingerprint density at radius 1 is 1.19 bits per heavy atom. The van der Waals surface area contributed by atoms with Gasteiger partial charge in [0.2, 0.25) is 0 Å². The van der Waals surface area contributed by atoms with Crippen LogP contribution in [0.3, 0.4) is 0 Å². The van der Waals surface area contributed by atoms with Gasteiger partial charge in [-0.15, -0.1) is 0 Å². The fourth-order valence-electron chi connectivity index (χ4n) is 3.19. The van der Waals surface area contributed by atoms with Crippen LogP contribution in [-0.2, 0) is 24.6 Å². The molecule has 0 saturated carbocycles. The van der Waals surface area contributed by atoms with Gasteiger partial charge in [0.05, 0.1) is 16.3 Å². The van der Waals surface area contributed by atoms with Gasteiger partial charge in [0.15, 0.2) is 0 Å². The van der Waals surface area contributed by atoms with E-state index in [-0.39, 0.29) is 16.1 Å². The number of benzene rings is 1. The molecule has 0 unspecified atom stereocenters. The molecule has 138 valence electrons. The zero-order chi connectivity index (χ0) is 19.2. The predicted molar refractivity (Wildman–Crippen MR) is 99.5 cm³/mol. The maximum atomic E-state index is 12.8. The number of hydrogen-bond donors (Lipinski definition) is 0. The van der Waals surface area contributed by atoms with Crippen molar-refractivity contribution in [1.29, 1.82) is 0 Å². The monoisotopic (exact) mass is 376 g/mol. The third kappa shape index (κ3) is 3.21. The lowest BCUT2D eigenvalue weighted by atomic mass is 10.1. The first-order chi connectivity index (χ1) is 12.1. The highest BCUT2D eigenvalue weighted by molar-refractivity contribution is 6.33. The second kappa shape index (κ2) is 6.43. The van der Waals surface area contributed by atoms with Crippen LogP contribution in [0.25, 0.3) is 5.69 Å². The first-order valence-corrected chi connectivity index (χ1v) is 8.85. The van der Waals surface area contributed by atoms with Crippen LogP contribution in [0.2, 0.25) is 5.02 Å². The van der Waals surface area contributed by atoms with Crippen molar-refractivity contribution in [3.8, 4) is 5.69 Å². The largest absolute Gasteiger partial charge is 0.456 e. The molecule has 1 aliphatic carbocycles. The van der Waals surface area contributed by atoms with E-state index in [4.69, 9.17) is 16.3 Å². The summed E-state index contributed by atoms with van der Waals surface area (Å²) in [5.74, 6) is -0.601. The Kier molecular flexibility index (Phi) is 4.56. The maximum absolute atomic E-state index is 12.8. The number of ether oxygens (including phenoxy) is 1. The summed E-state index contributed by atoms with van der Waals surface area (Å²) in [5.41, 5.74) is 0.408. The molecule has 1 aromatic carbocycles. The molecule has 0 bridgehead atoms. The number of carbonyl (C=O) groups is 1. The van der Waals surface area contributed by atoms with Crippen LogP contribution in [-0.4, -0.2) is 20.7 Å². The lowest BCUT2D eigenvalue weighted by Gasteiger charge is -2.20. The molecule has 26 heavy (non-hydrogen) atoms. The van der Waals surface area contributed by atoms with Crippen LogP contribution in [0.5, 0.6) is 0 Å². The van der Waals surface area contributed by atoms with E-state index in [9.17, 15) is 14.4 Å². The van der Waals surface area contributed by atoms with Gasteiger partial charge in [0, 0.05) is 18.3 Å². The molecule has 0 radical (unpaired) electrons. The first-order valence-electron chi connectivity index (χ1n) is 8.47. The first kappa shape index (κ1) is 18.5. The molecule has 2 aromatic rings. The van der Waals surface area contributed by atoms with Crippen molar-refractivity contribution in [2.45, 2.75) is 45.6 Å². The topological polar surface area (TPSA) is 70.3 Å². The van der Waals surface area contributed by atoms with Gasteiger partial charge >= 0.3 is 11.7 Å². The molecule has 0 spiro atoms. The van der Waals surface area contributed by atoms with Gasteiger partial charge in [-0.3, -0.25) is 4.79 Å². The van der Waals surface area contributed by atoms with Crippen molar-refractivity contribution in [2.24, 2.45) is 7.05 Å². The normalized spacial score (nSPS) is 13.6. The number of hydrogen-bond acceptors (Lipinski definition) is 4. The summed E-state index contributed by atoms with van der Waals surface area (Å²) in [7, 11) is 1.66. The molecule has 3 rings (SSSR count). The number of halogens is 1. The van der Waals surface area contributed by atoms with Crippen molar-refractivity contribution in [3.63, 3.8) is 0 Å². The fourth-order valence-corrected chi connectivity index (χ4v) is 3.38. The average molecular weight is 377 g/mol. The minimum Gasteiger partial charge on any atom is -0.456 e. The zero-order valence-corrected chi connectivity index (χ0v) is 16.0. The molecule has 0 atom stereocenters. The SMILES string of the molecule is Cn1c2c(c(=O)n(-c3ccc(Cl)c(C(=O)OC(C)(C)C)c3)c1=O)CCC2. The number of esters is 1. The summed E-state index contributed by atoms with van der Waals surface area (Å²) in [6.45, 7) is 5.26. The molecular weight excluding hydrogens is 356 g/mol. The van der Waals surface area contributed by atoms with E-state index in [1.807, 2.05) is 0 Å². The highest BCUT2D eigenvalue weighted by Gasteiger charge is 2.24. The summed E-state index contributed by atoms with van der Waals surface area (Å²) in [4.78, 5) is 38.0. The number of aromatic nitrogens is 2. The minimum absolute atomic E-state index is 0.119. The molecule has 0 saturated heterocycles. The molecule has 1 aromatic heterocycles. The standard InChI is InChI=1S/C19H21ClN2O4/c1-19(2,3)26-17(24)13-10-11(8-9-14(13)20)22-16(23)12-6-5-7-15(12)21(4)18(22)25/h8-10H,5-7H2,1-4H3. The summed E-state index contributed by atoms with van der Waals surface area (Å²) < 4.78 is 7.96. The molecule has 1 aliphatic rings. The smallest absolute Gasteiger partial charge is 0.340 e. The summed E-state index contributed by atoms with van der Waals surface area (Å²) in [5, 5.41) is 0.203. The number of carbonyl (C=O) groups excluding carboxylic acids is 1. The van der Waals surface area contributed by atoms with Crippen molar-refractivity contribution < 1.29 is 9.53 Å². The Labute approximate surface area is 156 Å². The highest BCUT2D eigenvalue weighted by Crippen LogP contribution is 2.23. The van der Waals surface area contributed by atoms with Gasteiger partial charge in [-0.05, 0) is 58.2 Å². The van der Waals surface area contributed by atoms with E-state index >= 15 is 0 Å². The summed E-state index contributed by atoms with van der Waals surface area (Å²) >= 11 is 6.14. The van der Waals surface area contributed by atoms with Gasteiger partial charge in [0.25, 0.3) is 5.56 Å². The number of rotatable bonds is 2. The van der Waals surface area contributed by atoms with Crippen molar-refractivity contribution in [3.05, 3.63) is 60.9 Å². The molecule has 0 fully saturated rings. The lowest BCUT2D eigenvalue weighted by molar-refractivity contribution is 0.00697. The third-order valence-corrected chi connectivity index (χ3v) is 4.69. The van der Waals surface area contributed by atoms with E-state index in [1.54, 1.807) is 33.9 Å². The Bertz CT molecular complexity index is 1010. The highest BCUT2D eigenvalue weighted by atomic mass is 35.5. The van der Waals surface area contributed by atoms with Gasteiger partial charge in [-0.25, -0.2) is 14.2 Å². The molecule has 1 heterocycles. The average Bonchev–Trinajstić information content (AvgIpc) is 3.02. The van der Waals surface area contributed by atoms with E-state index in [0.29, 0.717) is 17.7 Å². The van der Waals surface area contributed by atoms with Crippen molar-refractivity contribution >= 4 is 17.6 Å². The predicted octanol–water partition coefficient (Wildman–Crippen LogP) is 2.63. The van der Waals surface area contributed by atoms with Gasteiger partial charge in [0.1, 0.15) is 5.60 Å². The van der Waals surface area contributed by atoms with Crippen LogP contribution in [0.15, 0.2) is 27.8 Å². The lowest BCUT2D eigenvalue weighted by Crippen LogP contribution is -2.40. The third-order valence-electron chi connectivity index (χ3n) is 4.36. The van der Waals surface area contributed by atoms with Crippen LogP contribution in [0.1, 0.15) is 48.8 Å². The van der Waals surface area contributed by atoms with Crippen molar-refractivity contribution in [2.75, 3.05) is 0 Å². The van der Waals surface area contributed by atoms with Crippen LogP contribution < -0.4 is 11.2 Å². The zero-order valence-electron chi connectivity index (χ0n) is 15.3. The Morgan fingerprint density at radius 2 is 1.88 bits per heavy atom. The second-order valence-electron chi connectivity index (χ2n) is 7.43. The van der Waals surface area contributed by atoms with E-state index in [1.165, 1.54) is 16.7 Å². The molecule has 0 aliphatic heterocycles. The number of nitrogens with zero attached hydrogens (tertiary/aromatic N) is 2. The minimum atomic E-state index is -0.684. The van der Waals surface area contributed by atoms with E-state index in [2.05, 4.69) is 0 Å². The molecular formula is C19H21ClN2O4. The molecule has 0 amide bonds. The van der Waals surface area contributed by atoms with Crippen molar-refractivity contribution in [1.82, 2.24) is 9.13 Å². The Balaban J connectivity index is 2.17. The van der Waals surface area contributed by atoms with Gasteiger partial charge in [-0.2, -0.15) is 0 Å². The quantitative estimate of drug-likeness (QED) is 0.755. The summed E-state index contributed by atoms with van der Waals surface area (Å²) in [6.07, 6.45) is 2.22. The molecule has 7 heteroatoms. The maximum Gasteiger partial charge on any atom is 0.340 e. The molecule has 6 nitrogen and oxygen atoms in total. The summed E-state index contributed by atoms with van der Waals surface area (Å²) in [6, 6.07) is 4.48. The van der Waals surface area contributed by atoms with Gasteiger partial charge < -0.3 is 9.30 Å². The van der Waals surface area contributed by atoms with Crippen LogP contribution >= 0.6 is 11.6 Å². The Hall–Kier alpha value is -2.34. The second-order valence-corrected chi connectivity index (χ2v) is 7.83. The number of fused-ring (bicyclic) bond motifs is 1. The van der Waals surface area contributed by atoms with E-state index < -0.39 is 17.3 Å².